The second-order valence-electron chi connectivity index (χ2n) is 6.20. The van der Waals surface area contributed by atoms with E-state index >= 15 is 0 Å². The summed E-state index contributed by atoms with van der Waals surface area (Å²) in [4.78, 5) is 10.8. The van der Waals surface area contributed by atoms with Crippen molar-refractivity contribution in [2.24, 2.45) is 0 Å². The third-order valence-corrected chi connectivity index (χ3v) is 4.80. The lowest BCUT2D eigenvalue weighted by Crippen LogP contribution is -2.47. The fourth-order valence-electron chi connectivity index (χ4n) is 3.62. The molecule has 1 aromatic heterocycles. The topological polar surface area (TPSA) is 67.1 Å². The number of nitrogens with one attached hydrogen (secondary N) is 1. The van der Waals surface area contributed by atoms with E-state index in [0.29, 0.717) is 11.2 Å². The summed E-state index contributed by atoms with van der Waals surface area (Å²) in [7, 11) is 0. The van der Waals surface area contributed by atoms with Crippen LogP contribution in [0.2, 0.25) is 5.15 Å². The maximum atomic E-state index is 5.94. The predicted molar refractivity (Wildman–Crippen MR) is 86.5 cm³/mol. The number of aromatic nitrogens is 2. The number of piperidine rings is 1. The van der Waals surface area contributed by atoms with E-state index in [-0.39, 0.29) is 5.95 Å². The highest BCUT2D eigenvalue weighted by Crippen LogP contribution is 2.26. The van der Waals surface area contributed by atoms with E-state index in [1.54, 1.807) is 6.07 Å². The average Bonchev–Trinajstić information content (AvgIpc) is 2.47. The molecule has 0 bridgehead atoms. The molecule has 0 aromatic carbocycles. The van der Waals surface area contributed by atoms with Crippen LogP contribution >= 0.6 is 11.6 Å². The molecule has 6 heteroatoms. The van der Waals surface area contributed by atoms with Crippen molar-refractivity contribution >= 4 is 23.4 Å². The van der Waals surface area contributed by atoms with Crippen LogP contribution in [-0.4, -0.2) is 40.0 Å². The Morgan fingerprint density at radius 2 is 1.95 bits per heavy atom. The Balaban J connectivity index is 1.60. The van der Waals surface area contributed by atoms with Gasteiger partial charge in [0.05, 0.1) is 0 Å². The summed E-state index contributed by atoms with van der Waals surface area (Å²) < 4.78 is 0. The quantitative estimate of drug-likeness (QED) is 0.840. The lowest BCUT2D eigenvalue weighted by atomic mass is 9.92. The number of hydrogen-bond acceptors (Lipinski definition) is 5. The van der Waals surface area contributed by atoms with Gasteiger partial charge in [0.2, 0.25) is 5.95 Å². The first-order valence-corrected chi connectivity index (χ1v) is 8.39. The Morgan fingerprint density at radius 1 is 1.14 bits per heavy atom. The molecule has 2 heterocycles. The van der Waals surface area contributed by atoms with E-state index in [9.17, 15) is 0 Å². The fourth-order valence-corrected chi connectivity index (χ4v) is 3.81. The number of halogens is 1. The molecule has 1 saturated carbocycles. The van der Waals surface area contributed by atoms with Gasteiger partial charge in [-0.25, -0.2) is 4.98 Å². The van der Waals surface area contributed by atoms with Gasteiger partial charge in [0.25, 0.3) is 0 Å². The van der Waals surface area contributed by atoms with Gasteiger partial charge < -0.3 is 11.1 Å². The standard InChI is InChI=1S/C15H24ClN5/c16-13-9-14(20-15(17)19-13)18-11-5-4-8-21(10-11)12-6-2-1-3-7-12/h9,11-12H,1-8,10H2,(H3,17,18,19,20). The second-order valence-corrected chi connectivity index (χ2v) is 6.59. The molecule has 0 radical (unpaired) electrons. The van der Waals surface area contributed by atoms with E-state index in [2.05, 4.69) is 20.2 Å². The van der Waals surface area contributed by atoms with Crippen LogP contribution in [0.1, 0.15) is 44.9 Å². The van der Waals surface area contributed by atoms with E-state index in [4.69, 9.17) is 17.3 Å². The van der Waals surface area contributed by atoms with Gasteiger partial charge in [-0.15, -0.1) is 0 Å². The third-order valence-electron chi connectivity index (χ3n) is 4.61. The van der Waals surface area contributed by atoms with Crippen LogP contribution in [0.25, 0.3) is 0 Å². The Bertz CT molecular complexity index is 455. The highest BCUT2D eigenvalue weighted by molar-refractivity contribution is 6.29. The summed E-state index contributed by atoms with van der Waals surface area (Å²) in [5.41, 5.74) is 5.65. The number of anilines is 2. The first-order valence-electron chi connectivity index (χ1n) is 8.01. The zero-order valence-electron chi connectivity index (χ0n) is 12.4. The van der Waals surface area contributed by atoms with Crippen molar-refractivity contribution in [2.45, 2.75) is 57.0 Å². The molecule has 0 spiro atoms. The SMILES string of the molecule is Nc1nc(Cl)cc(NC2CCCN(C3CCCCC3)C2)n1. The molecule has 2 aliphatic rings. The Morgan fingerprint density at radius 3 is 2.71 bits per heavy atom. The molecule has 1 unspecified atom stereocenters. The summed E-state index contributed by atoms with van der Waals surface area (Å²) in [6.45, 7) is 2.32. The lowest BCUT2D eigenvalue weighted by Gasteiger charge is -2.40. The number of nitrogens with zero attached hydrogens (tertiary/aromatic N) is 3. The van der Waals surface area contributed by atoms with E-state index in [1.165, 1.54) is 51.5 Å². The largest absolute Gasteiger partial charge is 0.368 e. The summed E-state index contributed by atoms with van der Waals surface area (Å²) in [5, 5.41) is 3.87. The molecule has 1 aromatic rings. The predicted octanol–water partition coefficient (Wildman–Crippen LogP) is 2.92. The van der Waals surface area contributed by atoms with Gasteiger partial charge in [-0.3, -0.25) is 4.90 Å². The maximum absolute atomic E-state index is 5.94. The maximum Gasteiger partial charge on any atom is 0.223 e. The molecule has 1 saturated heterocycles. The van der Waals surface area contributed by atoms with Crippen molar-refractivity contribution in [3.05, 3.63) is 11.2 Å². The monoisotopic (exact) mass is 309 g/mol. The number of nitrogen functional groups attached to an aromatic ring is 1. The van der Waals surface area contributed by atoms with Gasteiger partial charge in [0, 0.05) is 24.7 Å². The van der Waals surface area contributed by atoms with Crippen molar-refractivity contribution in [3.8, 4) is 0 Å². The Hall–Kier alpha value is -1.07. The molecule has 116 valence electrons. The summed E-state index contributed by atoms with van der Waals surface area (Å²) in [6.07, 6.45) is 9.31. The van der Waals surface area contributed by atoms with E-state index in [1.807, 2.05) is 0 Å². The molecule has 0 amide bonds. The van der Waals surface area contributed by atoms with Gasteiger partial charge in [-0.05, 0) is 32.2 Å². The minimum Gasteiger partial charge on any atom is -0.368 e. The van der Waals surface area contributed by atoms with Gasteiger partial charge >= 0.3 is 0 Å². The molecule has 1 atom stereocenters. The molecule has 1 aliphatic heterocycles. The van der Waals surface area contributed by atoms with Gasteiger partial charge in [-0.1, -0.05) is 30.9 Å². The molecule has 21 heavy (non-hydrogen) atoms. The van der Waals surface area contributed by atoms with Crippen LogP contribution < -0.4 is 11.1 Å². The molecular formula is C15H24ClN5. The minimum absolute atomic E-state index is 0.227. The van der Waals surface area contributed by atoms with Crippen LogP contribution in [0.5, 0.6) is 0 Å². The minimum atomic E-state index is 0.227. The zero-order valence-corrected chi connectivity index (χ0v) is 13.1. The Kier molecular flexibility index (Phi) is 4.80. The van der Waals surface area contributed by atoms with Gasteiger partial charge in [0.1, 0.15) is 11.0 Å². The van der Waals surface area contributed by atoms with Crippen molar-refractivity contribution in [1.29, 1.82) is 0 Å². The first kappa shape index (κ1) is 14.9. The van der Waals surface area contributed by atoms with Crippen LogP contribution in [0, 0.1) is 0 Å². The second kappa shape index (κ2) is 6.79. The lowest BCUT2D eigenvalue weighted by molar-refractivity contribution is 0.124. The normalized spacial score (nSPS) is 24.9. The number of hydrogen-bond donors (Lipinski definition) is 2. The molecular weight excluding hydrogens is 286 g/mol. The molecule has 5 nitrogen and oxygen atoms in total. The summed E-state index contributed by atoms with van der Waals surface area (Å²) in [6, 6.07) is 2.95. The number of nitrogens with two attached hydrogens (primary N) is 1. The van der Waals surface area contributed by atoms with Crippen LogP contribution in [-0.2, 0) is 0 Å². The number of likely N-dealkylation sites (tertiary alicyclic amines) is 1. The summed E-state index contributed by atoms with van der Waals surface area (Å²) in [5.74, 6) is 0.966. The Labute approximate surface area is 131 Å². The zero-order chi connectivity index (χ0) is 14.7. The third kappa shape index (κ3) is 3.98. The molecule has 2 fully saturated rings. The number of rotatable bonds is 3. The average molecular weight is 310 g/mol. The van der Waals surface area contributed by atoms with Gasteiger partial charge in [0.15, 0.2) is 0 Å². The van der Waals surface area contributed by atoms with Crippen LogP contribution in [0.4, 0.5) is 11.8 Å². The van der Waals surface area contributed by atoms with Crippen molar-refractivity contribution in [2.75, 3.05) is 24.1 Å². The molecule has 3 N–H and O–H groups in total. The van der Waals surface area contributed by atoms with Gasteiger partial charge in [-0.2, -0.15) is 4.98 Å². The molecule has 1 aliphatic carbocycles. The van der Waals surface area contributed by atoms with E-state index in [0.717, 1.165) is 18.4 Å². The van der Waals surface area contributed by atoms with Crippen molar-refractivity contribution in [1.82, 2.24) is 14.9 Å². The highest BCUT2D eigenvalue weighted by atomic mass is 35.5. The highest BCUT2D eigenvalue weighted by Gasteiger charge is 2.27. The van der Waals surface area contributed by atoms with Crippen LogP contribution in [0.15, 0.2) is 6.07 Å². The van der Waals surface area contributed by atoms with Crippen molar-refractivity contribution < 1.29 is 0 Å². The van der Waals surface area contributed by atoms with Crippen LogP contribution in [0.3, 0.4) is 0 Å². The molecule has 3 rings (SSSR count). The van der Waals surface area contributed by atoms with E-state index < -0.39 is 0 Å². The summed E-state index contributed by atoms with van der Waals surface area (Å²) >= 11 is 5.94. The smallest absolute Gasteiger partial charge is 0.223 e. The first-order chi connectivity index (χ1) is 10.2. The fraction of sp³-hybridized carbons (Fsp3) is 0.733. The van der Waals surface area contributed by atoms with Crippen molar-refractivity contribution in [3.63, 3.8) is 0 Å².